The molecular weight excluding hydrogens is 297 g/mol. The molecule has 2 rings (SSSR count). The predicted molar refractivity (Wildman–Crippen MR) is 91.1 cm³/mol. The van der Waals surface area contributed by atoms with E-state index < -0.39 is 7.60 Å². The SMILES string of the molecule is CCOP(=O)(Cc1ccc(N=CC2CCCC2)cc1)OCC. The van der Waals surface area contributed by atoms with Crippen LogP contribution in [0.15, 0.2) is 29.3 Å². The summed E-state index contributed by atoms with van der Waals surface area (Å²) in [5.41, 5.74) is 1.89. The monoisotopic (exact) mass is 323 g/mol. The van der Waals surface area contributed by atoms with Gasteiger partial charge in [-0.05, 0) is 50.3 Å². The van der Waals surface area contributed by atoms with Crippen LogP contribution in [0.3, 0.4) is 0 Å². The fourth-order valence-corrected chi connectivity index (χ4v) is 4.43. The highest BCUT2D eigenvalue weighted by atomic mass is 31.2. The Balaban J connectivity index is 1.97. The summed E-state index contributed by atoms with van der Waals surface area (Å²) >= 11 is 0. The number of benzene rings is 1. The Morgan fingerprint density at radius 3 is 2.27 bits per heavy atom. The van der Waals surface area contributed by atoms with E-state index in [-0.39, 0.29) is 0 Å². The highest BCUT2D eigenvalue weighted by molar-refractivity contribution is 7.53. The Hall–Kier alpha value is -0.960. The van der Waals surface area contributed by atoms with Gasteiger partial charge in [-0.15, -0.1) is 0 Å². The molecule has 0 aliphatic heterocycles. The maximum absolute atomic E-state index is 12.5. The maximum atomic E-state index is 12.5. The molecule has 122 valence electrons. The van der Waals surface area contributed by atoms with Crippen molar-refractivity contribution in [1.82, 2.24) is 0 Å². The Kier molecular flexibility index (Phi) is 6.81. The molecule has 5 heteroatoms. The average Bonchev–Trinajstić information content (AvgIpc) is 3.00. The van der Waals surface area contributed by atoms with Crippen LogP contribution in [0.1, 0.15) is 45.1 Å². The summed E-state index contributed by atoms with van der Waals surface area (Å²) in [6.45, 7) is 4.43. The lowest BCUT2D eigenvalue weighted by Crippen LogP contribution is -1.99. The second-order valence-corrected chi connectivity index (χ2v) is 7.65. The largest absolute Gasteiger partial charge is 0.335 e. The molecule has 0 bridgehead atoms. The molecule has 0 saturated heterocycles. The van der Waals surface area contributed by atoms with Gasteiger partial charge in [-0.1, -0.05) is 25.0 Å². The van der Waals surface area contributed by atoms with Crippen LogP contribution < -0.4 is 0 Å². The first-order valence-electron chi connectivity index (χ1n) is 8.16. The highest BCUT2D eigenvalue weighted by Crippen LogP contribution is 2.51. The second-order valence-electron chi connectivity index (χ2n) is 5.59. The first kappa shape index (κ1) is 17.4. The van der Waals surface area contributed by atoms with Crippen LogP contribution in [0.25, 0.3) is 0 Å². The number of hydrogen-bond donors (Lipinski definition) is 0. The Bertz CT molecular complexity index is 511. The van der Waals surface area contributed by atoms with Gasteiger partial charge >= 0.3 is 7.60 Å². The van der Waals surface area contributed by atoms with E-state index in [1.165, 1.54) is 25.7 Å². The molecule has 0 unspecified atom stereocenters. The van der Waals surface area contributed by atoms with Crippen molar-refractivity contribution in [3.8, 4) is 0 Å². The van der Waals surface area contributed by atoms with Gasteiger partial charge in [0, 0.05) is 6.21 Å². The van der Waals surface area contributed by atoms with E-state index in [4.69, 9.17) is 9.05 Å². The zero-order chi connectivity index (χ0) is 15.8. The van der Waals surface area contributed by atoms with Crippen LogP contribution in [0, 0.1) is 5.92 Å². The summed E-state index contributed by atoms with van der Waals surface area (Å²) in [6, 6.07) is 7.82. The van der Waals surface area contributed by atoms with Gasteiger partial charge in [0.15, 0.2) is 0 Å². The van der Waals surface area contributed by atoms with Crippen molar-refractivity contribution >= 4 is 19.5 Å². The maximum Gasteiger partial charge on any atom is 0.335 e. The van der Waals surface area contributed by atoms with Crippen LogP contribution >= 0.6 is 7.60 Å². The van der Waals surface area contributed by atoms with E-state index in [9.17, 15) is 4.57 Å². The summed E-state index contributed by atoms with van der Waals surface area (Å²) in [5, 5.41) is 0. The molecule has 0 radical (unpaired) electrons. The van der Waals surface area contributed by atoms with Crippen LogP contribution in [0.5, 0.6) is 0 Å². The Morgan fingerprint density at radius 1 is 1.14 bits per heavy atom. The van der Waals surface area contributed by atoms with Gasteiger partial charge in [0.2, 0.25) is 0 Å². The van der Waals surface area contributed by atoms with Gasteiger partial charge in [0.1, 0.15) is 0 Å². The van der Waals surface area contributed by atoms with Crippen LogP contribution in [-0.2, 0) is 19.8 Å². The zero-order valence-corrected chi connectivity index (χ0v) is 14.4. The molecule has 1 aromatic carbocycles. The second kappa shape index (κ2) is 8.61. The molecule has 0 heterocycles. The third-order valence-electron chi connectivity index (χ3n) is 3.80. The molecule has 4 nitrogen and oxygen atoms in total. The third kappa shape index (κ3) is 5.35. The van der Waals surface area contributed by atoms with Crippen molar-refractivity contribution in [1.29, 1.82) is 0 Å². The van der Waals surface area contributed by atoms with E-state index in [2.05, 4.69) is 11.2 Å². The lowest BCUT2D eigenvalue weighted by atomic mass is 10.1. The van der Waals surface area contributed by atoms with Crippen LogP contribution in [-0.4, -0.2) is 19.4 Å². The molecule has 0 N–H and O–H groups in total. The summed E-state index contributed by atoms with van der Waals surface area (Å²) in [7, 11) is -3.03. The van der Waals surface area contributed by atoms with Gasteiger partial charge in [0.05, 0.1) is 25.1 Å². The average molecular weight is 323 g/mol. The molecule has 1 aliphatic carbocycles. The smallest absolute Gasteiger partial charge is 0.309 e. The molecule has 22 heavy (non-hydrogen) atoms. The minimum absolute atomic E-state index is 0.307. The van der Waals surface area contributed by atoms with Crippen molar-refractivity contribution in [2.24, 2.45) is 10.9 Å². The van der Waals surface area contributed by atoms with Crippen molar-refractivity contribution in [3.05, 3.63) is 29.8 Å². The number of aliphatic imine (C=N–C) groups is 1. The normalized spacial score (nSPS) is 16.6. The van der Waals surface area contributed by atoms with Gasteiger partial charge in [-0.25, -0.2) is 0 Å². The first-order valence-corrected chi connectivity index (χ1v) is 9.89. The van der Waals surface area contributed by atoms with Crippen molar-refractivity contribution < 1.29 is 13.6 Å². The molecule has 1 aliphatic rings. The van der Waals surface area contributed by atoms with Crippen LogP contribution in [0.2, 0.25) is 0 Å². The molecule has 1 fully saturated rings. The van der Waals surface area contributed by atoms with Gasteiger partial charge in [-0.3, -0.25) is 9.56 Å². The molecule has 0 amide bonds. The van der Waals surface area contributed by atoms with Gasteiger partial charge in [0.25, 0.3) is 0 Å². The molecule has 0 atom stereocenters. The number of hydrogen-bond acceptors (Lipinski definition) is 4. The molecule has 1 saturated carbocycles. The fourth-order valence-electron chi connectivity index (χ4n) is 2.73. The summed E-state index contributed by atoms with van der Waals surface area (Å²) in [6.07, 6.45) is 7.54. The minimum atomic E-state index is -3.03. The van der Waals surface area contributed by atoms with Gasteiger partial charge in [-0.2, -0.15) is 0 Å². The number of rotatable bonds is 8. The fraction of sp³-hybridized carbons (Fsp3) is 0.588. The van der Waals surface area contributed by atoms with Gasteiger partial charge < -0.3 is 9.05 Å². The molecular formula is C17H26NO3P. The van der Waals surface area contributed by atoms with E-state index in [1.54, 1.807) is 0 Å². The quantitative estimate of drug-likeness (QED) is 0.479. The Labute approximate surface area is 133 Å². The first-order chi connectivity index (χ1) is 10.6. The van der Waals surface area contributed by atoms with E-state index in [1.807, 2.05) is 38.1 Å². The number of nitrogens with zero attached hydrogens (tertiary/aromatic N) is 1. The molecule has 0 spiro atoms. The topological polar surface area (TPSA) is 47.9 Å². The highest BCUT2D eigenvalue weighted by Gasteiger charge is 2.23. The van der Waals surface area contributed by atoms with E-state index in [0.717, 1.165) is 11.3 Å². The zero-order valence-electron chi connectivity index (χ0n) is 13.5. The standard InChI is InChI=1S/C17H26NO3P/c1-3-20-22(19,21-4-2)14-16-9-11-17(12-10-16)18-13-15-7-5-6-8-15/h9-13,15H,3-8,14H2,1-2H3. The third-order valence-corrected chi connectivity index (χ3v) is 5.85. The summed E-state index contributed by atoms with van der Waals surface area (Å²) in [4.78, 5) is 4.54. The summed E-state index contributed by atoms with van der Waals surface area (Å²) < 4.78 is 23.1. The molecule has 1 aromatic rings. The van der Waals surface area contributed by atoms with Crippen molar-refractivity contribution in [2.75, 3.05) is 13.2 Å². The minimum Gasteiger partial charge on any atom is -0.309 e. The van der Waals surface area contributed by atoms with E-state index >= 15 is 0 Å². The lowest BCUT2D eigenvalue weighted by molar-refractivity contribution is 0.219. The Morgan fingerprint density at radius 2 is 1.73 bits per heavy atom. The van der Waals surface area contributed by atoms with Crippen molar-refractivity contribution in [2.45, 2.75) is 45.7 Å². The lowest BCUT2D eigenvalue weighted by Gasteiger charge is -2.16. The van der Waals surface area contributed by atoms with Crippen LogP contribution in [0.4, 0.5) is 5.69 Å². The summed E-state index contributed by atoms with van der Waals surface area (Å²) in [5.74, 6) is 0.635. The molecule has 0 aromatic heterocycles. The van der Waals surface area contributed by atoms with Crippen molar-refractivity contribution in [3.63, 3.8) is 0 Å². The predicted octanol–water partition coefficient (Wildman–Crippen LogP) is 5.35. The van der Waals surface area contributed by atoms with E-state index in [0.29, 0.717) is 25.3 Å².